The summed E-state index contributed by atoms with van der Waals surface area (Å²) in [5.74, 6) is 2.02. The van der Waals surface area contributed by atoms with E-state index in [4.69, 9.17) is 8.94 Å². The van der Waals surface area contributed by atoms with Gasteiger partial charge in [0.15, 0.2) is 5.82 Å². The lowest BCUT2D eigenvalue weighted by Gasteiger charge is -1.99. The summed E-state index contributed by atoms with van der Waals surface area (Å²) in [6, 6.07) is 1.70. The van der Waals surface area contributed by atoms with Gasteiger partial charge in [-0.3, -0.25) is 4.79 Å². The Hall–Kier alpha value is -2.11. The highest BCUT2D eigenvalue weighted by atomic mass is 16.5. The summed E-state index contributed by atoms with van der Waals surface area (Å²) < 4.78 is 10.2. The molecule has 6 heteroatoms. The van der Waals surface area contributed by atoms with Crippen LogP contribution in [0.3, 0.4) is 0 Å². The highest BCUT2D eigenvalue weighted by molar-refractivity contribution is 5.95. The molecule has 0 spiro atoms. The molecule has 0 unspecified atom stereocenters. The molecule has 2 rings (SSSR count). The zero-order chi connectivity index (χ0) is 12.4. The van der Waals surface area contributed by atoms with E-state index in [9.17, 15) is 4.79 Å². The predicted octanol–water partition coefficient (Wildman–Crippen LogP) is 1.52. The molecule has 2 heterocycles. The van der Waals surface area contributed by atoms with Crippen LogP contribution in [-0.4, -0.2) is 16.0 Å². The van der Waals surface area contributed by atoms with Gasteiger partial charge in [-0.2, -0.15) is 4.98 Å². The maximum atomic E-state index is 11.8. The molecular weight excluding hydrogens is 222 g/mol. The molecule has 0 saturated heterocycles. The number of rotatable bonds is 3. The minimum atomic E-state index is -0.213. The summed E-state index contributed by atoms with van der Waals surface area (Å²) in [6.07, 6.45) is 0. The molecule has 1 N–H and O–H groups in total. The Morgan fingerprint density at radius 1 is 1.41 bits per heavy atom. The van der Waals surface area contributed by atoms with E-state index in [0.29, 0.717) is 28.8 Å². The first kappa shape index (κ1) is 11.4. The molecule has 0 saturated carbocycles. The van der Waals surface area contributed by atoms with Crippen molar-refractivity contribution in [2.45, 2.75) is 27.3 Å². The topological polar surface area (TPSA) is 81.2 Å². The smallest absolute Gasteiger partial charge is 0.255 e. The van der Waals surface area contributed by atoms with Gasteiger partial charge in [-0.25, -0.2) is 0 Å². The van der Waals surface area contributed by atoms with Crippen molar-refractivity contribution in [3.8, 4) is 0 Å². The van der Waals surface area contributed by atoms with Gasteiger partial charge in [-0.15, -0.1) is 0 Å². The molecule has 6 nitrogen and oxygen atoms in total. The highest BCUT2D eigenvalue weighted by Gasteiger charge is 2.14. The normalized spacial score (nSPS) is 10.5. The van der Waals surface area contributed by atoms with Crippen LogP contribution in [0.5, 0.6) is 0 Å². The number of furan rings is 1. The van der Waals surface area contributed by atoms with Gasteiger partial charge in [-0.05, 0) is 26.8 Å². The van der Waals surface area contributed by atoms with E-state index in [1.807, 2.05) is 0 Å². The molecule has 0 atom stereocenters. The minimum Gasteiger partial charge on any atom is -0.466 e. The first-order chi connectivity index (χ1) is 8.06. The van der Waals surface area contributed by atoms with Crippen molar-refractivity contribution in [2.24, 2.45) is 0 Å². The standard InChI is InChI=1S/C11H13N3O3/c1-6-4-9(7(2)16-6)11(15)12-5-10-13-8(3)14-17-10/h4H,5H2,1-3H3,(H,12,15). The van der Waals surface area contributed by atoms with Crippen LogP contribution < -0.4 is 5.32 Å². The Kier molecular flexibility index (Phi) is 2.95. The maximum absolute atomic E-state index is 11.8. The molecule has 0 aliphatic heterocycles. The highest BCUT2D eigenvalue weighted by Crippen LogP contribution is 2.13. The third-order valence-corrected chi connectivity index (χ3v) is 2.26. The fraction of sp³-hybridized carbons (Fsp3) is 0.364. The Bertz CT molecular complexity index is 542. The van der Waals surface area contributed by atoms with Gasteiger partial charge < -0.3 is 14.3 Å². The lowest BCUT2D eigenvalue weighted by atomic mass is 10.2. The molecule has 1 amide bonds. The van der Waals surface area contributed by atoms with E-state index in [1.165, 1.54) is 0 Å². The number of nitrogens with zero attached hydrogens (tertiary/aromatic N) is 2. The molecule has 17 heavy (non-hydrogen) atoms. The molecule has 0 aliphatic rings. The van der Waals surface area contributed by atoms with Crippen LogP contribution in [0.1, 0.15) is 33.6 Å². The summed E-state index contributed by atoms with van der Waals surface area (Å²) in [6.45, 7) is 5.48. The number of hydrogen-bond acceptors (Lipinski definition) is 5. The van der Waals surface area contributed by atoms with Crippen LogP contribution in [0.4, 0.5) is 0 Å². The van der Waals surface area contributed by atoms with Gasteiger partial charge in [0.25, 0.3) is 5.91 Å². The quantitative estimate of drug-likeness (QED) is 0.872. The average molecular weight is 235 g/mol. The molecule has 2 aromatic rings. The van der Waals surface area contributed by atoms with E-state index in [1.54, 1.807) is 26.8 Å². The van der Waals surface area contributed by atoms with Crippen molar-refractivity contribution >= 4 is 5.91 Å². The Labute approximate surface area is 98.0 Å². The first-order valence-corrected chi connectivity index (χ1v) is 5.20. The van der Waals surface area contributed by atoms with Crippen LogP contribution in [0.15, 0.2) is 15.0 Å². The first-order valence-electron chi connectivity index (χ1n) is 5.20. The number of carbonyl (C=O) groups is 1. The van der Waals surface area contributed by atoms with Crippen LogP contribution in [0.2, 0.25) is 0 Å². The number of aromatic nitrogens is 2. The SMILES string of the molecule is Cc1noc(CNC(=O)c2cc(C)oc2C)n1. The fourth-order valence-electron chi connectivity index (χ4n) is 1.52. The van der Waals surface area contributed by atoms with Gasteiger partial charge in [0.05, 0.1) is 12.1 Å². The van der Waals surface area contributed by atoms with Crippen molar-refractivity contribution in [2.75, 3.05) is 0 Å². The van der Waals surface area contributed by atoms with Gasteiger partial charge in [0.2, 0.25) is 5.89 Å². The summed E-state index contributed by atoms with van der Waals surface area (Å²) in [4.78, 5) is 15.8. The monoisotopic (exact) mass is 235 g/mol. The molecule has 90 valence electrons. The van der Waals surface area contributed by atoms with E-state index in [-0.39, 0.29) is 12.5 Å². The molecule has 0 fully saturated rings. The Balaban J connectivity index is 2.00. The van der Waals surface area contributed by atoms with Crippen LogP contribution in [0.25, 0.3) is 0 Å². The largest absolute Gasteiger partial charge is 0.466 e. The second kappa shape index (κ2) is 4.40. The zero-order valence-corrected chi connectivity index (χ0v) is 9.90. The fourth-order valence-corrected chi connectivity index (χ4v) is 1.52. The summed E-state index contributed by atoms with van der Waals surface area (Å²) >= 11 is 0. The van der Waals surface area contributed by atoms with E-state index in [2.05, 4.69) is 15.5 Å². The number of amides is 1. The third-order valence-electron chi connectivity index (χ3n) is 2.26. The predicted molar refractivity (Wildman–Crippen MR) is 58.4 cm³/mol. The van der Waals surface area contributed by atoms with Crippen LogP contribution >= 0.6 is 0 Å². The molecule has 0 radical (unpaired) electrons. The lowest BCUT2D eigenvalue weighted by molar-refractivity contribution is 0.0945. The van der Waals surface area contributed by atoms with Gasteiger partial charge >= 0.3 is 0 Å². The summed E-state index contributed by atoms with van der Waals surface area (Å²) in [5, 5.41) is 6.32. The van der Waals surface area contributed by atoms with Crippen molar-refractivity contribution < 1.29 is 13.7 Å². The average Bonchev–Trinajstić information content (AvgIpc) is 2.81. The van der Waals surface area contributed by atoms with E-state index in [0.717, 1.165) is 0 Å². The van der Waals surface area contributed by atoms with Gasteiger partial charge in [0, 0.05) is 0 Å². The van der Waals surface area contributed by atoms with E-state index >= 15 is 0 Å². The molecule has 0 aliphatic carbocycles. The molecule has 2 aromatic heterocycles. The number of aryl methyl sites for hydroxylation is 3. The van der Waals surface area contributed by atoms with Crippen LogP contribution in [0, 0.1) is 20.8 Å². The van der Waals surface area contributed by atoms with Crippen molar-refractivity contribution in [3.05, 3.63) is 34.9 Å². The summed E-state index contributed by atoms with van der Waals surface area (Å²) in [7, 11) is 0. The van der Waals surface area contributed by atoms with Gasteiger partial charge in [0.1, 0.15) is 11.5 Å². The second-order valence-electron chi connectivity index (χ2n) is 3.74. The Morgan fingerprint density at radius 3 is 2.71 bits per heavy atom. The lowest BCUT2D eigenvalue weighted by Crippen LogP contribution is -2.23. The minimum absolute atomic E-state index is 0.212. The van der Waals surface area contributed by atoms with Crippen molar-refractivity contribution in [1.29, 1.82) is 0 Å². The molecule has 0 aromatic carbocycles. The number of nitrogens with one attached hydrogen (secondary N) is 1. The third kappa shape index (κ3) is 2.52. The van der Waals surface area contributed by atoms with E-state index < -0.39 is 0 Å². The number of hydrogen-bond donors (Lipinski definition) is 1. The molecular formula is C11H13N3O3. The van der Waals surface area contributed by atoms with Crippen molar-refractivity contribution in [1.82, 2.24) is 15.5 Å². The molecule has 0 bridgehead atoms. The second-order valence-corrected chi connectivity index (χ2v) is 3.74. The number of carbonyl (C=O) groups excluding carboxylic acids is 1. The maximum Gasteiger partial charge on any atom is 0.255 e. The summed E-state index contributed by atoms with van der Waals surface area (Å²) in [5.41, 5.74) is 0.527. The van der Waals surface area contributed by atoms with Crippen molar-refractivity contribution in [3.63, 3.8) is 0 Å². The zero-order valence-electron chi connectivity index (χ0n) is 9.90. The van der Waals surface area contributed by atoms with Crippen LogP contribution in [-0.2, 0) is 6.54 Å². The Morgan fingerprint density at radius 2 is 2.18 bits per heavy atom. The van der Waals surface area contributed by atoms with Gasteiger partial charge in [-0.1, -0.05) is 5.16 Å².